The van der Waals surface area contributed by atoms with E-state index in [0.717, 1.165) is 0 Å². The fourth-order valence-corrected chi connectivity index (χ4v) is 1.38. The molecule has 1 aromatic rings. The quantitative estimate of drug-likeness (QED) is 0.644. The van der Waals surface area contributed by atoms with Crippen molar-refractivity contribution in [3.63, 3.8) is 0 Å². The van der Waals surface area contributed by atoms with Gasteiger partial charge in [0, 0.05) is 17.1 Å². The predicted molar refractivity (Wildman–Crippen MR) is 66.6 cm³/mol. The van der Waals surface area contributed by atoms with Crippen LogP contribution in [0.25, 0.3) is 0 Å². The van der Waals surface area contributed by atoms with Gasteiger partial charge in [-0.1, -0.05) is 28.6 Å². The van der Waals surface area contributed by atoms with Gasteiger partial charge in [-0.3, -0.25) is 10.1 Å². The van der Waals surface area contributed by atoms with Crippen LogP contribution in [0.3, 0.4) is 0 Å². The molecule has 1 aromatic carbocycles. The minimum atomic E-state index is -1.23. The predicted octanol–water partition coefficient (Wildman–Crippen LogP) is 2.61. The maximum atomic E-state index is 10.9. The summed E-state index contributed by atoms with van der Waals surface area (Å²) in [7, 11) is 0. The van der Waals surface area contributed by atoms with Crippen molar-refractivity contribution in [1.29, 1.82) is 0 Å². The largest absolute Gasteiger partial charge is 0.478 e. The Morgan fingerprint density at radius 3 is 2.71 bits per heavy atom. The number of rotatable bonds is 5. The van der Waals surface area contributed by atoms with Gasteiger partial charge < -0.3 is 10.4 Å². The lowest BCUT2D eigenvalue weighted by molar-refractivity contribution is -0.384. The van der Waals surface area contributed by atoms with Crippen molar-refractivity contribution in [2.24, 2.45) is 0 Å². The number of halogens is 1. The van der Waals surface area contributed by atoms with Crippen molar-refractivity contribution in [2.75, 3.05) is 11.9 Å². The Balaban J connectivity index is 3.23. The Morgan fingerprint density at radius 1 is 1.59 bits per heavy atom. The summed E-state index contributed by atoms with van der Waals surface area (Å²) in [6.45, 7) is 3.76. The number of anilines is 1. The van der Waals surface area contributed by atoms with Gasteiger partial charge in [-0.15, -0.1) is 0 Å². The number of carbonyl (C=O) groups is 1. The molecule has 0 saturated carbocycles. The summed E-state index contributed by atoms with van der Waals surface area (Å²) in [6.07, 6.45) is 0. The van der Waals surface area contributed by atoms with Gasteiger partial charge in [0.2, 0.25) is 0 Å². The van der Waals surface area contributed by atoms with Gasteiger partial charge in [0.15, 0.2) is 0 Å². The topological polar surface area (TPSA) is 92.5 Å². The van der Waals surface area contributed by atoms with E-state index in [0.29, 0.717) is 4.48 Å². The van der Waals surface area contributed by atoms with Gasteiger partial charge in [-0.2, -0.15) is 0 Å². The average Bonchev–Trinajstić information content (AvgIpc) is 2.25. The number of carboxylic acid groups (broad SMARTS) is 1. The van der Waals surface area contributed by atoms with E-state index < -0.39 is 10.9 Å². The van der Waals surface area contributed by atoms with E-state index in [9.17, 15) is 14.9 Å². The Labute approximate surface area is 105 Å². The fraction of sp³-hybridized carbons (Fsp3) is 0.100. The van der Waals surface area contributed by atoms with Crippen LogP contribution in [0.4, 0.5) is 11.4 Å². The minimum absolute atomic E-state index is 0.0226. The number of carboxylic acids is 1. The standard InChI is InChI=1S/C10H9BrN2O4/c1-6(11)5-12-9-7(10(14)15)3-2-4-8(9)13(16)17/h2-4,12H,1,5H2,(H,14,15). The highest BCUT2D eigenvalue weighted by Crippen LogP contribution is 2.28. The molecule has 6 nitrogen and oxygen atoms in total. The molecule has 0 aliphatic carbocycles. The van der Waals surface area contributed by atoms with Gasteiger partial charge in [-0.25, -0.2) is 4.79 Å². The normalized spacial score (nSPS) is 9.71. The number of hydrogen-bond donors (Lipinski definition) is 2. The Morgan fingerprint density at radius 2 is 2.24 bits per heavy atom. The highest BCUT2D eigenvalue weighted by atomic mass is 79.9. The molecule has 2 N–H and O–H groups in total. The highest BCUT2D eigenvalue weighted by Gasteiger charge is 2.20. The molecule has 0 heterocycles. The van der Waals surface area contributed by atoms with Crippen molar-refractivity contribution >= 4 is 33.3 Å². The van der Waals surface area contributed by atoms with Gasteiger partial charge >= 0.3 is 5.97 Å². The van der Waals surface area contributed by atoms with Crippen LogP contribution in [0, 0.1) is 10.1 Å². The smallest absolute Gasteiger partial charge is 0.338 e. The van der Waals surface area contributed by atoms with Gasteiger partial charge in [-0.05, 0) is 6.07 Å². The van der Waals surface area contributed by atoms with Crippen molar-refractivity contribution in [3.8, 4) is 0 Å². The molecule has 90 valence electrons. The molecule has 0 unspecified atom stereocenters. The van der Waals surface area contributed by atoms with E-state index in [1.807, 2.05) is 0 Å². The van der Waals surface area contributed by atoms with E-state index >= 15 is 0 Å². The molecule has 0 atom stereocenters. The van der Waals surface area contributed by atoms with Crippen molar-refractivity contribution < 1.29 is 14.8 Å². The number of hydrogen-bond acceptors (Lipinski definition) is 4. The molecule has 0 bridgehead atoms. The molecule has 0 saturated heterocycles. The summed E-state index contributed by atoms with van der Waals surface area (Å²) in [4.78, 5) is 21.1. The molecular formula is C10H9BrN2O4. The van der Waals surface area contributed by atoms with Crippen LogP contribution in [0.1, 0.15) is 10.4 Å². The van der Waals surface area contributed by atoms with E-state index in [4.69, 9.17) is 5.11 Å². The molecule has 0 aliphatic heterocycles. The minimum Gasteiger partial charge on any atom is -0.478 e. The fourth-order valence-electron chi connectivity index (χ4n) is 1.24. The molecule has 0 amide bonds. The lowest BCUT2D eigenvalue weighted by Gasteiger charge is -2.09. The molecule has 0 fully saturated rings. The van der Waals surface area contributed by atoms with Crippen molar-refractivity contribution in [2.45, 2.75) is 0 Å². The lowest BCUT2D eigenvalue weighted by atomic mass is 10.1. The molecule has 0 spiro atoms. The molecule has 0 radical (unpaired) electrons. The molecular weight excluding hydrogens is 292 g/mol. The van der Waals surface area contributed by atoms with Crippen molar-refractivity contribution in [3.05, 3.63) is 44.9 Å². The second kappa shape index (κ2) is 5.44. The summed E-state index contributed by atoms with van der Waals surface area (Å²) in [5.41, 5.74) is -0.447. The first-order valence-corrected chi connectivity index (χ1v) is 5.30. The van der Waals surface area contributed by atoms with Crippen LogP contribution in [0.2, 0.25) is 0 Å². The zero-order valence-corrected chi connectivity index (χ0v) is 10.2. The van der Waals surface area contributed by atoms with Crippen molar-refractivity contribution in [1.82, 2.24) is 0 Å². The molecule has 0 aromatic heterocycles. The summed E-state index contributed by atoms with van der Waals surface area (Å²) < 4.78 is 0.562. The van der Waals surface area contributed by atoms with Crippen LogP contribution in [-0.4, -0.2) is 22.5 Å². The summed E-state index contributed by atoms with van der Waals surface area (Å²) in [5.74, 6) is -1.23. The zero-order chi connectivity index (χ0) is 13.0. The number of nitro groups is 1. The third-order valence-corrected chi connectivity index (χ3v) is 2.21. The first-order chi connectivity index (χ1) is 7.93. The first kappa shape index (κ1) is 13.2. The first-order valence-electron chi connectivity index (χ1n) is 4.51. The average molecular weight is 301 g/mol. The number of nitro benzene ring substituents is 1. The third-order valence-electron chi connectivity index (χ3n) is 1.93. The number of para-hydroxylation sites is 1. The van der Waals surface area contributed by atoms with Crippen LogP contribution in [0.5, 0.6) is 0 Å². The van der Waals surface area contributed by atoms with E-state index in [1.54, 1.807) is 0 Å². The van der Waals surface area contributed by atoms with Crippen LogP contribution in [-0.2, 0) is 0 Å². The van der Waals surface area contributed by atoms with E-state index in [-0.39, 0.29) is 23.5 Å². The number of nitrogens with zero attached hydrogens (tertiary/aromatic N) is 1. The van der Waals surface area contributed by atoms with Gasteiger partial charge in [0.1, 0.15) is 5.69 Å². The second-order valence-corrected chi connectivity index (χ2v) is 4.25. The number of nitrogens with one attached hydrogen (secondary N) is 1. The maximum absolute atomic E-state index is 10.9. The molecule has 1 rings (SSSR count). The van der Waals surface area contributed by atoms with E-state index in [2.05, 4.69) is 27.8 Å². The molecule has 0 aliphatic rings. The SMILES string of the molecule is C=C(Br)CNc1c(C(=O)O)cccc1[N+](=O)[O-]. The van der Waals surface area contributed by atoms with Crippen LogP contribution >= 0.6 is 15.9 Å². The summed E-state index contributed by atoms with van der Waals surface area (Å²) >= 11 is 3.08. The lowest BCUT2D eigenvalue weighted by Crippen LogP contribution is -2.09. The maximum Gasteiger partial charge on any atom is 0.338 e. The monoisotopic (exact) mass is 300 g/mol. The Hall–Kier alpha value is -1.89. The summed E-state index contributed by atoms with van der Waals surface area (Å²) in [5, 5.41) is 22.4. The summed E-state index contributed by atoms with van der Waals surface area (Å²) in [6, 6.07) is 3.87. The third kappa shape index (κ3) is 3.28. The molecule has 7 heteroatoms. The number of aromatic carboxylic acids is 1. The van der Waals surface area contributed by atoms with E-state index in [1.165, 1.54) is 18.2 Å². The van der Waals surface area contributed by atoms with Gasteiger partial charge in [0.25, 0.3) is 5.69 Å². The highest BCUT2D eigenvalue weighted by molar-refractivity contribution is 9.11. The van der Waals surface area contributed by atoms with Crippen LogP contribution < -0.4 is 5.32 Å². The second-order valence-electron chi connectivity index (χ2n) is 3.13. The molecule has 17 heavy (non-hydrogen) atoms. The number of benzene rings is 1. The van der Waals surface area contributed by atoms with Crippen LogP contribution in [0.15, 0.2) is 29.3 Å². The Kier molecular flexibility index (Phi) is 4.22. The Bertz CT molecular complexity index is 455. The van der Waals surface area contributed by atoms with Gasteiger partial charge in [0.05, 0.1) is 10.5 Å². The zero-order valence-electron chi connectivity index (χ0n) is 8.64.